The zero-order valence-electron chi connectivity index (χ0n) is 11.4. The second-order valence-corrected chi connectivity index (χ2v) is 5.54. The van der Waals surface area contributed by atoms with E-state index in [1.165, 1.54) is 24.9 Å². The van der Waals surface area contributed by atoms with Crippen LogP contribution in [0.15, 0.2) is 24.3 Å². The molecule has 2 atom stereocenters. The van der Waals surface area contributed by atoms with E-state index in [2.05, 4.69) is 24.2 Å². The largest absolute Gasteiger partial charge is 0.508 e. The molecule has 0 amide bonds. The van der Waals surface area contributed by atoms with Crippen LogP contribution in [0.3, 0.4) is 0 Å². The van der Waals surface area contributed by atoms with Gasteiger partial charge in [0.05, 0.1) is 0 Å². The summed E-state index contributed by atoms with van der Waals surface area (Å²) in [5.74, 6) is 0.341. The maximum Gasteiger partial charge on any atom is 0.115 e. The van der Waals surface area contributed by atoms with Crippen molar-refractivity contribution < 1.29 is 5.11 Å². The van der Waals surface area contributed by atoms with Crippen molar-refractivity contribution in [2.75, 3.05) is 20.1 Å². The summed E-state index contributed by atoms with van der Waals surface area (Å²) < 4.78 is 0. The monoisotopic (exact) mass is 248 g/mol. The van der Waals surface area contributed by atoms with Crippen LogP contribution in [0.2, 0.25) is 0 Å². The van der Waals surface area contributed by atoms with Gasteiger partial charge in [0.1, 0.15) is 5.75 Å². The number of piperidine rings is 1. The third-order valence-electron chi connectivity index (χ3n) is 3.62. The molecule has 2 rings (SSSR count). The molecule has 1 fully saturated rings. The Morgan fingerprint density at radius 1 is 1.39 bits per heavy atom. The number of hydrogen-bond donors (Lipinski definition) is 2. The molecular weight excluding hydrogens is 224 g/mol. The lowest BCUT2D eigenvalue weighted by atomic mass is 10.0. The van der Waals surface area contributed by atoms with Gasteiger partial charge >= 0.3 is 0 Å². The van der Waals surface area contributed by atoms with Crippen LogP contribution < -0.4 is 5.32 Å². The van der Waals surface area contributed by atoms with Gasteiger partial charge in [-0.25, -0.2) is 0 Å². The minimum atomic E-state index is 0.341. The average molecular weight is 248 g/mol. The van der Waals surface area contributed by atoms with Gasteiger partial charge in [-0.05, 0) is 57.5 Å². The van der Waals surface area contributed by atoms with Crippen molar-refractivity contribution in [3.63, 3.8) is 0 Å². The smallest absolute Gasteiger partial charge is 0.115 e. The van der Waals surface area contributed by atoms with E-state index in [-0.39, 0.29) is 0 Å². The molecule has 0 spiro atoms. The molecule has 0 bridgehead atoms. The maximum atomic E-state index is 9.26. The summed E-state index contributed by atoms with van der Waals surface area (Å²) in [6, 6.07) is 8.62. The van der Waals surface area contributed by atoms with Crippen LogP contribution in [0.4, 0.5) is 0 Å². The van der Waals surface area contributed by atoms with E-state index in [1.807, 2.05) is 12.1 Å². The molecule has 1 heterocycles. The molecule has 18 heavy (non-hydrogen) atoms. The number of benzene rings is 1. The van der Waals surface area contributed by atoms with Crippen LogP contribution in [0, 0.1) is 0 Å². The molecule has 1 saturated heterocycles. The lowest BCUT2D eigenvalue weighted by Crippen LogP contribution is -2.47. The first-order valence-corrected chi connectivity index (χ1v) is 6.86. The van der Waals surface area contributed by atoms with Crippen molar-refractivity contribution in [3.05, 3.63) is 29.8 Å². The van der Waals surface area contributed by atoms with Crippen LogP contribution >= 0.6 is 0 Å². The lowest BCUT2D eigenvalue weighted by molar-refractivity contribution is 0.218. The molecule has 0 aliphatic carbocycles. The van der Waals surface area contributed by atoms with Crippen LogP contribution in [-0.4, -0.2) is 42.2 Å². The van der Waals surface area contributed by atoms with Gasteiger partial charge in [-0.15, -0.1) is 0 Å². The second kappa shape index (κ2) is 6.21. The van der Waals surface area contributed by atoms with Crippen molar-refractivity contribution in [2.45, 2.75) is 38.3 Å². The summed E-state index contributed by atoms with van der Waals surface area (Å²) in [6.07, 6.45) is 3.59. The average Bonchev–Trinajstić information content (AvgIpc) is 2.32. The first-order valence-electron chi connectivity index (χ1n) is 6.86. The summed E-state index contributed by atoms with van der Waals surface area (Å²) in [5, 5.41) is 13.0. The van der Waals surface area contributed by atoms with Crippen molar-refractivity contribution in [1.82, 2.24) is 10.2 Å². The van der Waals surface area contributed by atoms with Gasteiger partial charge in [0.15, 0.2) is 0 Å². The van der Waals surface area contributed by atoms with Crippen LogP contribution in [0.5, 0.6) is 5.75 Å². The molecule has 0 saturated carbocycles. The Morgan fingerprint density at radius 2 is 2.11 bits per heavy atom. The highest BCUT2D eigenvalue weighted by molar-refractivity contribution is 5.26. The third kappa shape index (κ3) is 4.00. The predicted molar refractivity (Wildman–Crippen MR) is 74.9 cm³/mol. The van der Waals surface area contributed by atoms with Gasteiger partial charge in [-0.3, -0.25) is 0 Å². The number of aromatic hydroxyl groups is 1. The molecule has 2 N–H and O–H groups in total. The topological polar surface area (TPSA) is 35.5 Å². The molecule has 2 unspecified atom stereocenters. The predicted octanol–water partition coefficient (Wildman–Crippen LogP) is 2.01. The highest BCUT2D eigenvalue weighted by Gasteiger charge is 2.18. The number of hydrogen-bond acceptors (Lipinski definition) is 3. The van der Waals surface area contributed by atoms with Gasteiger partial charge in [0.25, 0.3) is 0 Å². The number of likely N-dealkylation sites (N-methyl/N-ethyl adjacent to an activating group) is 1. The molecule has 1 aromatic rings. The minimum absolute atomic E-state index is 0.341. The van der Waals surface area contributed by atoms with Gasteiger partial charge in [0.2, 0.25) is 0 Å². The fourth-order valence-corrected chi connectivity index (χ4v) is 2.75. The second-order valence-electron chi connectivity index (χ2n) is 5.54. The first-order chi connectivity index (χ1) is 8.63. The van der Waals surface area contributed by atoms with Crippen molar-refractivity contribution in [2.24, 2.45) is 0 Å². The van der Waals surface area contributed by atoms with Gasteiger partial charge in [-0.1, -0.05) is 12.1 Å². The van der Waals surface area contributed by atoms with Crippen molar-refractivity contribution in [3.8, 4) is 5.75 Å². The highest BCUT2D eigenvalue weighted by atomic mass is 16.3. The van der Waals surface area contributed by atoms with Crippen LogP contribution in [0.25, 0.3) is 0 Å². The SMILES string of the molecule is CC(Cc1ccc(O)cc1)NC1CCCN(C)C1. The van der Waals surface area contributed by atoms with Crippen molar-refractivity contribution >= 4 is 0 Å². The van der Waals surface area contributed by atoms with Gasteiger partial charge < -0.3 is 15.3 Å². The van der Waals surface area contributed by atoms with E-state index >= 15 is 0 Å². The molecule has 3 nitrogen and oxygen atoms in total. The number of phenolic OH excluding ortho intramolecular Hbond substituents is 1. The normalized spacial score (nSPS) is 22.9. The summed E-state index contributed by atoms with van der Waals surface area (Å²) >= 11 is 0. The molecule has 1 aliphatic heterocycles. The van der Waals surface area contributed by atoms with E-state index < -0.39 is 0 Å². The summed E-state index contributed by atoms with van der Waals surface area (Å²) in [4.78, 5) is 2.40. The standard InChI is InChI=1S/C15H24N2O/c1-12(10-13-5-7-15(18)8-6-13)16-14-4-3-9-17(2)11-14/h5-8,12,14,16,18H,3-4,9-11H2,1-2H3. The summed E-state index contributed by atoms with van der Waals surface area (Å²) in [6.45, 7) is 4.62. The zero-order chi connectivity index (χ0) is 13.0. The molecule has 1 aliphatic rings. The number of rotatable bonds is 4. The third-order valence-corrected chi connectivity index (χ3v) is 3.62. The molecule has 3 heteroatoms. The van der Waals surface area contributed by atoms with Crippen LogP contribution in [0.1, 0.15) is 25.3 Å². The summed E-state index contributed by atoms with van der Waals surface area (Å²) in [7, 11) is 2.19. The van der Waals surface area contributed by atoms with Gasteiger partial charge in [-0.2, -0.15) is 0 Å². The van der Waals surface area contributed by atoms with Gasteiger partial charge in [0, 0.05) is 18.6 Å². The molecule has 1 aromatic carbocycles. The van der Waals surface area contributed by atoms with E-state index in [0.29, 0.717) is 17.8 Å². The fourth-order valence-electron chi connectivity index (χ4n) is 2.75. The summed E-state index contributed by atoms with van der Waals surface area (Å²) in [5.41, 5.74) is 1.27. The van der Waals surface area contributed by atoms with E-state index in [4.69, 9.17) is 0 Å². The van der Waals surface area contributed by atoms with Crippen molar-refractivity contribution in [1.29, 1.82) is 0 Å². The fraction of sp³-hybridized carbons (Fsp3) is 0.600. The molecule has 0 aromatic heterocycles. The Balaban J connectivity index is 1.81. The Kier molecular flexibility index (Phi) is 4.61. The zero-order valence-corrected chi connectivity index (χ0v) is 11.4. The molecule has 0 radical (unpaired) electrons. The quantitative estimate of drug-likeness (QED) is 0.855. The van der Waals surface area contributed by atoms with E-state index in [0.717, 1.165) is 13.0 Å². The first kappa shape index (κ1) is 13.4. The minimum Gasteiger partial charge on any atom is -0.508 e. The number of nitrogens with one attached hydrogen (secondary N) is 1. The Bertz CT molecular complexity index is 363. The molecule has 100 valence electrons. The Labute approximate surface area is 110 Å². The Morgan fingerprint density at radius 3 is 2.78 bits per heavy atom. The number of likely N-dealkylation sites (tertiary alicyclic amines) is 1. The highest BCUT2D eigenvalue weighted by Crippen LogP contribution is 2.13. The van der Waals surface area contributed by atoms with Crippen LogP contribution in [-0.2, 0) is 6.42 Å². The van der Waals surface area contributed by atoms with E-state index in [9.17, 15) is 5.11 Å². The maximum absolute atomic E-state index is 9.26. The lowest BCUT2D eigenvalue weighted by Gasteiger charge is -2.32. The molecular formula is C15H24N2O. The number of phenols is 1. The Hall–Kier alpha value is -1.06. The van der Waals surface area contributed by atoms with E-state index in [1.54, 1.807) is 12.1 Å². The number of nitrogens with zero attached hydrogens (tertiary/aromatic N) is 1.